The van der Waals surface area contributed by atoms with Gasteiger partial charge in [-0.25, -0.2) is 9.97 Å². The summed E-state index contributed by atoms with van der Waals surface area (Å²) in [4.78, 5) is 82.1. The number of nitrogens with one attached hydrogen (secondary N) is 3. The van der Waals surface area contributed by atoms with Gasteiger partial charge in [-0.1, -0.05) is 23.8 Å². The minimum absolute atomic E-state index is 0.121. The van der Waals surface area contributed by atoms with Crippen LogP contribution in [0.15, 0.2) is 40.6 Å². The predicted molar refractivity (Wildman–Crippen MR) is 210 cm³/mol. The molecule has 288 valence electrons. The highest BCUT2D eigenvalue weighted by molar-refractivity contribution is 7.98. The van der Waals surface area contributed by atoms with E-state index in [1.165, 1.54) is 27.6 Å². The van der Waals surface area contributed by atoms with Crippen LogP contribution in [0, 0.1) is 0 Å². The molecule has 0 saturated carbocycles. The van der Waals surface area contributed by atoms with Gasteiger partial charge in [-0.2, -0.15) is 11.8 Å². The maximum absolute atomic E-state index is 14.4. The van der Waals surface area contributed by atoms with Crippen molar-refractivity contribution in [1.29, 1.82) is 0 Å². The van der Waals surface area contributed by atoms with Crippen LogP contribution in [-0.4, -0.2) is 97.6 Å². The largest absolute Gasteiger partial charge is 0.508 e. The maximum atomic E-state index is 14.4. The lowest BCUT2D eigenvalue weighted by Crippen LogP contribution is -2.54. The maximum Gasteiger partial charge on any atom is 0.271 e. The van der Waals surface area contributed by atoms with E-state index in [-0.39, 0.29) is 41.4 Å². The second-order valence-corrected chi connectivity index (χ2v) is 17.0. The van der Waals surface area contributed by atoms with E-state index in [1.807, 2.05) is 32.2 Å². The molecule has 0 radical (unpaired) electrons. The molecule has 16 heteroatoms. The SMILES string of the molecule is CSCC[C@@H]1NC(=O)c2csc(n2)[C@H](C)NC(=O)[C@@H]2CCCN2C(=O)[C@H](Cc2ccc(O)c(CC=C(C)C)c2)NC(=O)c2csc(n2)[C@@H]2CCCN2C1=O. The summed E-state index contributed by atoms with van der Waals surface area (Å²) in [5.41, 5.74) is 2.82. The van der Waals surface area contributed by atoms with Crippen molar-refractivity contribution in [2.24, 2.45) is 0 Å². The second-order valence-electron chi connectivity index (χ2n) is 14.2. The number of amides is 5. The number of thioether (sulfide) groups is 1. The molecule has 4 bridgehead atoms. The molecule has 3 aliphatic heterocycles. The van der Waals surface area contributed by atoms with Crippen molar-refractivity contribution in [3.63, 3.8) is 0 Å². The van der Waals surface area contributed by atoms with Crippen LogP contribution in [-0.2, 0) is 27.2 Å². The Morgan fingerprint density at radius 1 is 0.889 bits per heavy atom. The quantitative estimate of drug-likeness (QED) is 0.251. The first kappa shape index (κ1) is 39.4. The van der Waals surface area contributed by atoms with Crippen LogP contribution in [0.25, 0.3) is 0 Å². The molecule has 13 nitrogen and oxygen atoms in total. The molecular formula is C38H47N7O6S3. The molecule has 3 aliphatic rings. The van der Waals surface area contributed by atoms with Gasteiger partial charge >= 0.3 is 0 Å². The summed E-state index contributed by atoms with van der Waals surface area (Å²) in [6.45, 7) is 6.56. The van der Waals surface area contributed by atoms with Gasteiger partial charge in [0.2, 0.25) is 17.7 Å². The fraction of sp³-hybridized carbons (Fsp3) is 0.500. The van der Waals surface area contributed by atoms with Crippen LogP contribution in [0.3, 0.4) is 0 Å². The standard InChI is InChI=1S/C38H47N7O6S3/c1-21(2)9-11-24-17-23(10-12-31(24)46)18-26-38(51)44-14-5-7-29(44)34(49)39-22(3)35-42-27(19-53-35)32(47)40-25(13-16-52-4)37(50)45-15-6-8-30(45)36-43-28(20-54-36)33(48)41-26/h9-10,12,17,19-20,22,25-26,29-30,46H,5-8,11,13-16,18H2,1-4H3,(H,39,49)(H,40,47)(H,41,48)/t22-,25-,26-,29-,30-/m0/s1. The lowest BCUT2D eigenvalue weighted by atomic mass is 9.99. The summed E-state index contributed by atoms with van der Waals surface area (Å²) in [6.07, 6.45) is 7.46. The first-order valence-electron chi connectivity index (χ1n) is 18.3. The lowest BCUT2D eigenvalue weighted by molar-refractivity contribution is -0.140. The number of benzene rings is 1. The van der Waals surface area contributed by atoms with E-state index in [4.69, 9.17) is 0 Å². The number of aromatic hydroxyl groups is 1. The van der Waals surface area contributed by atoms with E-state index in [0.29, 0.717) is 66.5 Å². The van der Waals surface area contributed by atoms with E-state index in [0.717, 1.165) is 17.6 Å². The van der Waals surface area contributed by atoms with Crippen molar-refractivity contribution < 1.29 is 29.1 Å². The third-order valence-electron chi connectivity index (χ3n) is 10.0. The van der Waals surface area contributed by atoms with Crippen LogP contribution in [0.1, 0.15) is 107 Å². The molecular weight excluding hydrogens is 747 g/mol. The topological polar surface area (TPSA) is 174 Å². The highest BCUT2D eigenvalue weighted by Gasteiger charge is 2.40. The number of aromatic nitrogens is 2. The van der Waals surface area contributed by atoms with Gasteiger partial charge in [-0.3, -0.25) is 24.0 Å². The molecule has 2 saturated heterocycles. The zero-order chi connectivity index (χ0) is 38.5. The van der Waals surface area contributed by atoms with E-state index in [1.54, 1.807) is 46.5 Å². The molecule has 3 aromatic rings. The van der Waals surface area contributed by atoms with Crippen molar-refractivity contribution in [1.82, 2.24) is 35.7 Å². The molecule has 5 heterocycles. The Bertz CT molecular complexity index is 1920. The minimum Gasteiger partial charge on any atom is -0.508 e. The molecule has 54 heavy (non-hydrogen) atoms. The van der Waals surface area contributed by atoms with E-state index < -0.39 is 41.9 Å². The van der Waals surface area contributed by atoms with Gasteiger partial charge in [0.25, 0.3) is 11.8 Å². The molecule has 5 atom stereocenters. The number of phenols is 1. The van der Waals surface area contributed by atoms with E-state index >= 15 is 0 Å². The second kappa shape index (κ2) is 17.5. The Morgan fingerprint density at radius 3 is 2.19 bits per heavy atom. The third-order valence-corrected chi connectivity index (χ3v) is 12.6. The molecule has 2 aromatic heterocycles. The number of phenolic OH excluding ortho intramolecular Hbond substituents is 1. The zero-order valence-electron chi connectivity index (χ0n) is 30.9. The van der Waals surface area contributed by atoms with Crippen molar-refractivity contribution in [3.05, 3.63) is 73.1 Å². The van der Waals surface area contributed by atoms with Crippen LogP contribution in [0.2, 0.25) is 0 Å². The zero-order valence-corrected chi connectivity index (χ0v) is 33.4. The highest BCUT2D eigenvalue weighted by Crippen LogP contribution is 2.35. The molecule has 2 fully saturated rings. The summed E-state index contributed by atoms with van der Waals surface area (Å²) >= 11 is 4.10. The number of carbonyl (C=O) groups is 5. The Kier molecular flexibility index (Phi) is 12.7. The van der Waals surface area contributed by atoms with Gasteiger partial charge in [0.1, 0.15) is 45.3 Å². The number of thiazole rings is 2. The van der Waals surface area contributed by atoms with Gasteiger partial charge in [0, 0.05) is 30.3 Å². The van der Waals surface area contributed by atoms with Crippen LogP contribution < -0.4 is 16.0 Å². The third kappa shape index (κ3) is 8.98. The Balaban J connectivity index is 1.35. The van der Waals surface area contributed by atoms with E-state index in [9.17, 15) is 29.1 Å². The number of nitrogens with zero attached hydrogens (tertiary/aromatic N) is 4. The average molecular weight is 794 g/mol. The Morgan fingerprint density at radius 2 is 1.50 bits per heavy atom. The molecule has 4 N–H and O–H groups in total. The summed E-state index contributed by atoms with van der Waals surface area (Å²) in [7, 11) is 0. The van der Waals surface area contributed by atoms with Crippen molar-refractivity contribution in [3.8, 4) is 5.75 Å². The molecule has 1 aromatic carbocycles. The summed E-state index contributed by atoms with van der Waals surface area (Å²) in [5, 5.41) is 23.8. The summed E-state index contributed by atoms with van der Waals surface area (Å²) < 4.78 is 0. The van der Waals surface area contributed by atoms with Gasteiger partial charge in [0.15, 0.2) is 0 Å². The fourth-order valence-electron chi connectivity index (χ4n) is 7.13. The average Bonchev–Trinajstić information content (AvgIpc) is 3.98. The summed E-state index contributed by atoms with van der Waals surface area (Å²) in [6, 6.07) is 1.65. The molecule has 0 unspecified atom stereocenters. The molecule has 6 rings (SSSR count). The fourth-order valence-corrected chi connectivity index (χ4v) is 9.36. The van der Waals surface area contributed by atoms with Crippen molar-refractivity contribution >= 4 is 64.0 Å². The lowest BCUT2D eigenvalue weighted by Gasteiger charge is -2.29. The predicted octanol–water partition coefficient (Wildman–Crippen LogP) is 4.55. The van der Waals surface area contributed by atoms with Gasteiger partial charge in [0.05, 0.1) is 12.1 Å². The van der Waals surface area contributed by atoms with Crippen LogP contribution in [0.4, 0.5) is 0 Å². The Labute approximate surface area is 327 Å². The van der Waals surface area contributed by atoms with Gasteiger partial charge < -0.3 is 30.9 Å². The number of carbonyl (C=O) groups excluding carboxylic acids is 5. The normalized spacial score (nSPS) is 23.9. The first-order valence-corrected chi connectivity index (χ1v) is 21.5. The van der Waals surface area contributed by atoms with Gasteiger partial charge in [-0.15, -0.1) is 22.7 Å². The van der Waals surface area contributed by atoms with E-state index in [2.05, 4.69) is 25.9 Å². The Hall–Kier alpha value is -4.28. The first-order chi connectivity index (χ1) is 25.9. The number of hydrogen-bond donors (Lipinski definition) is 4. The monoisotopic (exact) mass is 793 g/mol. The smallest absolute Gasteiger partial charge is 0.271 e. The molecule has 0 spiro atoms. The number of allylic oxidation sites excluding steroid dienone is 2. The van der Waals surface area contributed by atoms with Crippen LogP contribution >= 0.6 is 34.4 Å². The minimum atomic E-state index is -1.04. The molecule has 5 amide bonds. The van der Waals surface area contributed by atoms with Crippen molar-refractivity contribution in [2.45, 2.75) is 95.9 Å². The highest BCUT2D eigenvalue weighted by atomic mass is 32.2. The number of fused-ring (bicyclic) bond motifs is 7. The molecule has 0 aliphatic carbocycles. The summed E-state index contributed by atoms with van der Waals surface area (Å²) in [5.74, 6) is -1.19. The van der Waals surface area contributed by atoms with Crippen molar-refractivity contribution in [2.75, 3.05) is 25.1 Å². The number of hydrogen-bond acceptors (Lipinski definition) is 11. The van der Waals surface area contributed by atoms with Gasteiger partial charge in [-0.05, 0) is 88.5 Å². The van der Waals surface area contributed by atoms with Crippen LogP contribution in [0.5, 0.6) is 5.75 Å². The number of rotatable bonds is 7.